The Morgan fingerprint density at radius 1 is 1.67 bits per heavy atom. The van der Waals surface area contributed by atoms with E-state index in [0.717, 1.165) is 31.6 Å². The molecule has 0 atom stereocenters. The second kappa shape index (κ2) is 6.06. The summed E-state index contributed by atoms with van der Waals surface area (Å²) in [7, 11) is 1.91. The molecule has 5 nitrogen and oxygen atoms in total. The monoisotopic (exact) mass is 209 g/mol. The summed E-state index contributed by atoms with van der Waals surface area (Å²) < 4.78 is 1.80. The van der Waals surface area contributed by atoms with Gasteiger partial charge in [0.1, 0.15) is 0 Å². The first-order valence-corrected chi connectivity index (χ1v) is 5.24. The highest BCUT2D eigenvalue weighted by Crippen LogP contribution is 1.93. The molecule has 5 heteroatoms. The highest BCUT2D eigenvalue weighted by Gasteiger charge is 1.96. The highest BCUT2D eigenvalue weighted by atomic mass is 15.2. The number of nitrogens with two attached hydrogens (primary N) is 1. The van der Waals surface area contributed by atoms with Gasteiger partial charge in [0.25, 0.3) is 0 Å². The molecule has 0 aliphatic heterocycles. The predicted octanol–water partition coefficient (Wildman–Crippen LogP) is 0.277. The van der Waals surface area contributed by atoms with E-state index in [4.69, 9.17) is 5.73 Å². The number of hydrogen-bond acceptors (Lipinski definition) is 2. The van der Waals surface area contributed by atoms with Gasteiger partial charge in [0, 0.05) is 32.8 Å². The van der Waals surface area contributed by atoms with Gasteiger partial charge in [-0.3, -0.25) is 9.67 Å². The first-order valence-electron chi connectivity index (χ1n) is 5.24. The van der Waals surface area contributed by atoms with Gasteiger partial charge in [0.2, 0.25) is 0 Å². The molecule has 0 saturated heterocycles. The molecule has 0 aromatic carbocycles. The van der Waals surface area contributed by atoms with Crippen LogP contribution in [-0.2, 0) is 13.5 Å². The van der Waals surface area contributed by atoms with E-state index in [1.807, 2.05) is 19.3 Å². The SMILES string of the molecule is CCCN=C(N)NCCc1ccn(C)n1. The van der Waals surface area contributed by atoms with Gasteiger partial charge < -0.3 is 11.1 Å². The number of nitrogens with one attached hydrogen (secondary N) is 1. The van der Waals surface area contributed by atoms with Crippen molar-refractivity contribution in [1.29, 1.82) is 0 Å². The molecule has 1 aromatic heterocycles. The van der Waals surface area contributed by atoms with Crippen LogP contribution in [0.3, 0.4) is 0 Å². The number of aryl methyl sites for hydroxylation is 1. The van der Waals surface area contributed by atoms with Crippen molar-refractivity contribution in [2.45, 2.75) is 19.8 Å². The molecule has 0 saturated carbocycles. The Balaban J connectivity index is 2.21. The summed E-state index contributed by atoms with van der Waals surface area (Å²) in [4.78, 5) is 4.14. The molecule has 0 amide bonds. The maximum Gasteiger partial charge on any atom is 0.188 e. The van der Waals surface area contributed by atoms with Crippen molar-refractivity contribution in [3.63, 3.8) is 0 Å². The zero-order valence-corrected chi connectivity index (χ0v) is 9.40. The third-order valence-electron chi connectivity index (χ3n) is 1.96. The molecule has 15 heavy (non-hydrogen) atoms. The third kappa shape index (κ3) is 4.49. The van der Waals surface area contributed by atoms with Crippen molar-refractivity contribution in [3.8, 4) is 0 Å². The molecule has 0 spiro atoms. The van der Waals surface area contributed by atoms with E-state index in [9.17, 15) is 0 Å². The summed E-state index contributed by atoms with van der Waals surface area (Å²) in [6, 6.07) is 2.00. The van der Waals surface area contributed by atoms with Gasteiger partial charge in [0.15, 0.2) is 5.96 Å². The Bertz CT molecular complexity index is 315. The van der Waals surface area contributed by atoms with Gasteiger partial charge in [-0.25, -0.2) is 0 Å². The van der Waals surface area contributed by atoms with Crippen LogP contribution in [-0.4, -0.2) is 28.8 Å². The average molecular weight is 209 g/mol. The smallest absolute Gasteiger partial charge is 0.188 e. The fourth-order valence-electron chi connectivity index (χ4n) is 1.20. The Hall–Kier alpha value is -1.52. The van der Waals surface area contributed by atoms with Crippen LogP contribution in [0.15, 0.2) is 17.3 Å². The van der Waals surface area contributed by atoms with Gasteiger partial charge in [-0.1, -0.05) is 6.92 Å². The van der Waals surface area contributed by atoms with E-state index in [1.54, 1.807) is 4.68 Å². The quantitative estimate of drug-likeness (QED) is 0.540. The molecule has 1 heterocycles. The highest BCUT2D eigenvalue weighted by molar-refractivity contribution is 5.77. The van der Waals surface area contributed by atoms with Crippen molar-refractivity contribution in [1.82, 2.24) is 15.1 Å². The molecule has 3 N–H and O–H groups in total. The third-order valence-corrected chi connectivity index (χ3v) is 1.96. The normalized spacial score (nSPS) is 11.7. The maximum atomic E-state index is 5.64. The molecule has 84 valence electrons. The van der Waals surface area contributed by atoms with Crippen LogP contribution < -0.4 is 11.1 Å². The van der Waals surface area contributed by atoms with Crippen molar-refractivity contribution in [2.75, 3.05) is 13.1 Å². The van der Waals surface area contributed by atoms with Gasteiger partial charge in [-0.15, -0.1) is 0 Å². The standard InChI is InChI=1S/C10H19N5/c1-3-6-12-10(11)13-7-4-9-5-8-15(2)14-9/h5,8H,3-4,6-7H2,1-2H3,(H3,11,12,13). The minimum absolute atomic E-state index is 0.521. The van der Waals surface area contributed by atoms with Gasteiger partial charge in [-0.2, -0.15) is 5.10 Å². The molecule has 1 aromatic rings. The number of aromatic nitrogens is 2. The fourth-order valence-corrected chi connectivity index (χ4v) is 1.20. The lowest BCUT2D eigenvalue weighted by atomic mass is 10.3. The molecule has 0 aliphatic rings. The molecule has 0 aliphatic carbocycles. The first kappa shape index (κ1) is 11.6. The minimum atomic E-state index is 0.521. The molecular weight excluding hydrogens is 190 g/mol. The first-order chi connectivity index (χ1) is 7.22. The van der Waals surface area contributed by atoms with E-state index >= 15 is 0 Å². The number of hydrogen-bond donors (Lipinski definition) is 2. The Morgan fingerprint density at radius 2 is 2.47 bits per heavy atom. The van der Waals surface area contributed by atoms with Crippen molar-refractivity contribution < 1.29 is 0 Å². The van der Waals surface area contributed by atoms with Gasteiger partial charge in [0.05, 0.1) is 5.69 Å². The van der Waals surface area contributed by atoms with Crippen molar-refractivity contribution in [2.24, 2.45) is 17.8 Å². The lowest BCUT2D eigenvalue weighted by Crippen LogP contribution is -2.33. The van der Waals surface area contributed by atoms with Crippen LogP contribution in [0.4, 0.5) is 0 Å². The summed E-state index contributed by atoms with van der Waals surface area (Å²) in [5.41, 5.74) is 6.71. The zero-order chi connectivity index (χ0) is 11.1. The Kier molecular flexibility index (Phi) is 4.66. The molecule has 0 fully saturated rings. The molecule has 0 bridgehead atoms. The van der Waals surface area contributed by atoms with E-state index in [0.29, 0.717) is 5.96 Å². The summed E-state index contributed by atoms with van der Waals surface area (Å²) in [6.45, 7) is 3.63. The topological polar surface area (TPSA) is 68.2 Å². The summed E-state index contributed by atoms with van der Waals surface area (Å²) >= 11 is 0. The second-order valence-corrected chi connectivity index (χ2v) is 3.42. The van der Waals surface area contributed by atoms with Crippen molar-refractivity contribution >= 4 is 5.96 Å². The average Bonchev–Trinajstić information content (AvgIpc) is 2.61. The van der Waals surface area contributed by atoms with E-state index in [-0.39, 0.29) is 0 Å². The fraction of sp³-hybridized carbons (Fsp3) is 0.600. The van der Waals surface area contributed by atoms with E-state index in [2.05, 4.69) is 22.3 Å². The summed E-state index contributed by atoms with van der Waals surface area (Å²) in [6.07, 6.45) is 3.82. The van der Waals surface area contributed by atoms with Crippen LogP contribution in [0.25, 0.3) is 0 Å². The summed E-state index contributed by atoms with van der Waals surface area (Å²) in [5, 5.41) is 7.32. The van der Waals surface area contributed by atoms with Crippen LogP contribution >= 0.6 is 0 Å². The minimum Gasteiger partial charge on any atom is -0.370 e. The van der Waals surface area contributed by atoms with Crippen LogP contribution in [0, 0.1) is 0 Å². The number of aliphatic imine (C=N–C) groups is 1. The van der Waals surface area contributed by atoms with Gasteiger partial charge in [-0.05, 0) is 12.5 Å². The predicted molar refractivity (Wildman–Crippen MR) is 61.7 cm³/mol. The molecule has 1 rings (SSSR count). The van der Waals surface area contributed by atoms with Crippen LogP contribution in [0.2, 0.25) is 0 Å². The molecule has 0 unspecified atom stereocenters. The summed E-state index contributed by atoms with van der Waals surface area (Å²) in [5.74, 6) is 0.521. The van der Waals surface area contributed by atoms with E-state index in [1.165, 1.54) is 0 Å². The van der Waals surface area contributed by atoms with Crippen molar-refractivity contribution in [3.05, 3.63) is 18.0 Å². The Labute approximate surface area is 90.4 Å². The lowest BCUT2D eigenvalue weighted by Gasteiger charge is -2.03. The number of nitrogens with zero attached hydrogens (tertiary/aromatic N) is 3. The molecule has 0 radical (unpaired) electrons. The zero-order valence-electron chi connectivity index (χ0n) is 9.40. The largest absolute Gasteiger partial charge is 0.370 e. The second-order valence-electron chi connectivity index (χ2n) is 3.42. The van der Waals surface area contributed by atoms with Crippen LogP contribution in [0.1, 0.15) is 19.0 Å². The number of rotatable bonds is 5. The lowest BCUT2D eigenvalue weighted by molar-refractivity contribution is 0.729. The van der Waals surface area contributed by atoms with Crippen LogP contribution in [0.5, 0.6) is 0 Å². The molecular formula is C10H19N5. The Morgan fingerprint density at radius 3 is 3.07 bits per heavy atom. The van der Waals surface area contributed by atoms with E-state index < -0.39 is 0 Å². The maximum absolute atomic E-state index is 5.64. The van der Waals surface area contributed by atoms with Gasteiger partial charge >= 0.3 is 0 Å². The number of guanidine groups is 1.